The second kappa shape index (κ2) is 6.64. The zero-order valence-corrected chi connectivity index (χ0v) is 16.0. The van der Waals surface area contributed by atoms with E-state index in [1.807, 2.05) is 0 Å². The second-order valence-corrected chi connectivity index (χ2v) is 9.33. The Morgan fingerprint density at radius 3 is 2.58 bits per heavy atom. The highest BCUT2D eigenvalue weighted by Crippen LogP contribution is 2.52. The molecule has 1 saturated carbocycles. The van der Waals surface area contributed by atoms with Gasteiger partial charge >= 0.3 is 0 Å². The third-order valence-electron chi connectivity index (χ3n) is 7.09. The molecule has 0 radical (unpaired) electrons. The Labute approximate surface area is 151 Å². The maximum Gasteiger partial charge on any atom is 0.141 e. The van der Waals surface area contributed by atoms with Gasteiger partial charge in [-0.3, -0.25) is 4.90 Å². The molecule has 3 nitrogen and oxygen atoms in total. The van der Waals surface area contributed by atoms with Crippen molar-refractivity contribution in [2.75, 3.05) is 7.05 Å². The Hall–Kier alpha value is -0.540. The largest absolute Gasteiger partial charge is 0.361 e. The number of hydrogen-bond donors (Lipinski definition) is 0. The van der Waals surface area contributed by atoms with E-state index in [2.05, 4.69) is 37.0 Å². The van der Waals surface area contributed by atoms with Gasteiger partial charge in [0.2, 0.25) is 0 Å². The molecule has 1 aliphatic carbocycles. The lowest BCUT2D eigenvalue weighted by atomic mass is 9.67. The van der Waals surface area contributed by atoms with Crippen LogP contribution in [0.1, 0.15) is 82.1 Å². The summed E-state index contributed by atoms with van der Waals surface area (Å²) in [6.45, 7) is 4.39. The van der Waals surface area contributed by atoms with Gasteiger partial charge < -0.3 is 4.52 Å². The van der Waals surface area contributed by atoms with Crippen LogP contribution in [0.5, 0.6) is 0 Å². The molecule has 0 spiro atoms. The van der Waals surface area contributed by atoms with Gasteiger partial charge in [-0.25, -0.2) is 0 Å². The first-order chi connectivity index (χ1) is 11.5. The lowest BCUT2D eigenvalue weighted by Gasteiger charge is -2.46. The first-order valence-corrected chi connectivity index (χ1v) is 10.3. The van der Waals surface area contributed by atoms with Gasteiger partial charge in [-0.2, -0.15) is 0 Å². The molecule has 2 saturated heterocycles. The van der Waals surface area contributed by atoms with Crippen molar-refractivity contribution < 1.29 is 4.52 Å². The van der Waals surface area contributed by atoms with E-state index >= 15 is 0 Å². The van der Waals surface area contributed by atoms with E-state index in [0.29, 0.717) is 23.3 Å². The van der Waals surface area contributed by atoms with Gasteiger partial charge in [-0.1, -0.05) is 19.0 Å². The van der Waals surface area contributed by atoms with Crippen LogP contribution in [0.25, 0.3) is 0 Å². The zero-order valence-electron chi connectivity index (χ0n) is 15.2. The highest BCUT2D eigenvalue weighted by Gasteiger charge is 2.50. The van der Waals surface area contributed by atoms with Crippen LogP contribution in [0.4, 0.5) is 0 Å². The number of fused-ring (bicyclic) bond motifs is 2. The standard InChI is InChI=1S/C20H31ClN2O/c1-12(2)17-11-19(24-22-17)20-16(13-4-6-14(21)7-5-13)10-15-8-9-18(20)23(15)3/h11-16,18,20H,4-10H2,1-3H3/t13?,14?,15?,16-,18?,20+/m1/s1. The molecule has 24 heavy (non-hydrogen) atoms. The molecule has 2 bridgehead atoms. The number of halogens is 1. The maximum atomic E-state index is 6.37. The van der Waals surface area contributed by atoms with Gasteiger partial charge in [0.25, 0.3) is 0 Å². The lowest BCUT2D eigenvalue weighted by molar-refractivity contribution is 0.0519. The molecule has 0 N–H and O–H groups in total. The molecule has 4 rings (SSSR count). The van der Waals surface area contributed by atoms with E-state index in [1.54, 1.807) is 0 Å². The van der Waals surface area contributed by atoms with Crippen molar-refractivity contribution in [1.82, 2.24) is 10.1 Å². The lowest BCUT2D eigenvalue weighted by Crippen LogP contribution is -2.47. The van der Waals surface area contributed by atoms with Gasteiger partial charge in [0.05, 0.1) is 5.69 Å². The minimum absolute atomic E-state index is 0.403. The highest BCUT2D eigenvalue weighted by molar-refractivity contribution is 6.20. The van der Waals surface area contributed by atoms with Crippen molar-refractivity contribution in [3.05, 3.63) is 17.5 Å². The average molecular weight is 351 g/mol. The van der Waals surface area contributed by atoms with Gasteiger partial charge in [0.15, 0.2) is 0 Å². The van der Waals surface area contributed by atoms with Crippen LogP contribution in [-0.4, -0.2) is 34.6 Å². The van der Waals surface area contributed by atoms with Crippen LogP contribution >= 0.6 is 11.6 Å². The molecule has 2 aliphatic heterocycles. The second-order valence-electron chi connectivity index (χ2n) is 8.71. The molecule has 2 unspecified atom stereocenters. The summed E-state index contributed by atoms with van der Waals surface area (Å²) in [6.07, 6.45) is 8.96. The van der Waals surface area contributed by atoms with E-state index in [9.17, 15) is 0 Å². The van der Waals surface area contributed by atoms with Crippen molar-refractivity contribution in [3.8, 4) is 0 Å². The molecule has 4 atom stereocenters. The Balaban J connectivity index is 1.62. The van der Waals surface area contributed by atoms with Crippen molar-refractivity contribution in [3.63, 3.8) is 0 Å². The Bertz CT molecular complexity index is 564. The predicted octanol–water partition coefficient (Wildman–Crippen LogP) is 5.16. The average Bonchev–Trinajstić information content (AvgIpc) is 3.12. The summed E-state index contributed by atoms with van der Waals surface area (Å²) < 4.78 is 5.90. The number of hydrogen-bond acceptors (Lipinski definition) is 3. The Morgan fingerprint density at radius 1 is 1.17 bits per heavy atom. The third-order valence-corrected chi connectivity index (χ3v) is 7.52. The molecule has 3 fully saturated rings. The molecule has 4 heteroatoms. The number of piperidine rings is 1. The minimum atomic E-state index is 0.403. The smallest absolute Gasteiger partial charge is 0.141 e. The number of alkyl halides is 1. The summed E-state index contributed by atoms with van der Waals surface area (Å²) in [6, 6.07) is 3.66. The fraction of sp³-hybridized carbons (Fsp3) is 0.850. The number of aromatic nitrogens is 1. The molecule has 134 valence electrons. The summed E-state index contributed by atoms with van der Waals surface area (Å²) >= 11 is 6.37. The summed E-state index contributed by atoms with van der Waals surface area (Å²) in [5, 5.41) is 4.78. The normalized spacial score (nSPS) is 40.4. The first-order valence-electron chi connectivity index (χ1n) is 9.87. The monoisotopic (exact) mass is 350 g/mol. The third kappa shape index (κ3) is 2.92. The van der Waals surface area contributed by atoms with E-state index in [1.165, 1.54) is 44.9 Å². The van der Waals surface area contributed by atoms with E-state index in [4.69, 9.17) is 16.1 Å². The molecular formula is C20H31ClN2O. The summed E-state index contributed by atoms with van der Waals surface area (Å²) in [5.41, 5.74) is 1.11. The molecule has 1 aromatic rings. The summed E-state index contributed by atoms with van der Waals surface area (Å²) in [5.74, 6) is 3.66. The Morgan fingerprint density at radius 2 is 1.92 bits per heavy atom. The number of likely N-dealkylation sites (N-methyl/N-ethyl adjacent to an activating group) is 1. The number of rotatable bonds is 3. The highest BCUT2D eigenvalue weighted by atomic mass is 35.5. The Kier molecular flexibility index (Phi) is 4.68. The first kappa shape index (κ1) is 16.9. The topological polar surface area (TPSA) is 29.3 Å². The van der Waals surface area contributed by atoms with Crippen LogP contribution in [-0.2, 0) is 0 Å². The molecule has 0 aromatic carbocycles. The molecular weight excluding hydrogens is 320 g/mol. The quantitative estimate of drug-likeness (QED) is 0.705. The van der Waals surface area contributed by atoms with Gasteiger partial charge in [0.1, 0.15) is 5.76 Å². The summed E-state index contributed by atoms with van der Waals surface area (Å²) in [4.78, 5) is 2.63. The maximum absolute atomic E-state index is 6.37. The molecule has 0 amide bonds. The van der Waals surface area contributed by atoms with Crippen molar-refractivity contribution in [2.45, 2.75) is 88.1 Å². The van der Waals surface area contributed by atoms with Crippen LogP contribution in [0.2, 0.25) is 0 Å². The fourth-order valence-corrected chi connectivity index (χ4v) is 5.88. The summed E-state index contributed by atoms with van der Waals surface area (Å²) in [7, 11) is 2.32. The SMILES string of the molecule is CC(C)c1cc([C@@H]2C3CCC(C[C@@H]2C2CCC(Cl)CC2)N3C)on1. The van der Waals surface area contributed by atoms with Gasteiger partial charge in [0, 0.05) is 29.4 Å². The molecule has 1 aromatic heterocycles. The number of nitrogens with zero attached hydrogens (tertiary/aromatic N) is 2. The minimum Gasteiger partial charge on any atom is -0.361 e. The van der Waals surface area contributed by atoms with Crippen molar-refractivity contribution >= 4 is 11.6 Å². The van der Waals surface area contributed by atoms with Gasteiger partial charge in [-0.15, -0.1) is 11.6 Å². The van der Waals surface area contributed by atoms with Crippen LogP contribution < -0.4 is 0 Å². The fourth-order valence-electron chi connectivity index (χ4n) is 5.63. The predicted molar refractivity (Wildman–Crippen MR) is 97.6 cm³/mol. The molecule has 3 aliphatic rings. The van der Waals surface area contributed by atoms with E-state index in [-0.39, 0.29) is 0 Å². The molecule has 3 heterocycles. The van der Waals surface area contributed by atoms with Crippen molar-refractivity contribution in [2.24, 2.45) is 11.8 Å². The van der Waals surface area contributed by atoms with Crippen LogP contribution in [0, 0.1) is 11.8 Å². The van der Waals surface area contributed by atoms with E-state index in [0.717, 1.165) is 29.3 Å². The van der Waals surface area contributed by atoms with Gasteiger partial charge in [-0.05, 0) is 69.7 Å². The van der Waals surface area contributed by atoms with E-state index < -0.39 is 0 Å². The van der Waals surface area contributed by atoms with Crippen molar-refractivity contribution in [1.29, 1.82) is 0 Å². The zero-order chi connectivity index (χ0) is 16.8. The van der Waals surface area contributed by atoms with Crippen LogP contribution in [0.15, 0.2) is 10.6 Å². The van der Waals surface area contributed by atoms with Crippen LogP contribution in [0.3, 0.4) is 0 Å².